The summed E-state index contributed by atoms with van der Waals surface area (Å²) < 4.78 is 23.0. The van der Waals surface area contributed by atoms with Crippen LogP contribution in [0.4, 0.5) is 5.95 Å². The quantitative estimate of drug-likeness (QED) is 0.752. The Labute approximate surface area is 136 Å². The molecule has 0 aliphatic carbocycles. The predicted octanol–water partition coefficient (Wildman–Crippen LogP) is -0.404. The van der Waals surface area contributed by atoms with Crippen LogP contribution in [0.2, 0.25) is 0 Å². The molecule has 2 rings (SSSR count). The summed E-state index contributed by atoms with van der Waals surface area (Å²) in [6.07, 6.45) is 3.95. The first kappa shape index (κ1) is 17.6. The van der Waals surface area contributed by atoms with E-state index in [9.17, 15) is 13.2 Å². The molecule has 1 N–H and O–H groups in total. The van der Waals surface area contributed by atoms with Crippen LogP contribution >= 0.6 is 0 Å². The van der Waals surface area contributed by atoms with E-state index in [1.807, 2.05) is 4.90 Å². The van der Waals surface area contributed by atoms with Crippen molar-refractivity contribution < 1.29 is 13.2 Å². The SMILES string of the molecule is CNc1ncc(CN(C)C(=O)CN(C)C2CCS(=O)(=O)C2)cn1. The highest BCUT2D eigenvalue weighted by Gasteiger charge is 2.31. The van der Waals surface area contributed by atoms with Gasteiger partial charge in [-0.05, 0) is 13.5 Å². The Morgan fingerprint density at radius 2 is 2.00 bits per heavy atom. The fourth-order valence-corrected chi connectivity index (χ4v) is 4.32. The average molecular weight is 341 g/mol. The van der Waals surface area contributed by atoms with Gasteiger partial charge in [-0.1, -0.05) is 0 Å². The summed E-state index contributed by atoms with van der Waals surface area (Å²) >= 11 is 0. The third kappa shape index (κ3) is 4.87. The van der Waals surface area contributed by atoms with Crippen LogP contribution in [0.15, 0.2) is 12.4 Å². The van der Waals surface area contributed by atoms with E-state index in [-0.39, 0.29) is 30.0 Å². The first-order chi connectivity index (χ1) is 10.8. The average Bonchev–Trinajstić information content (AvgIpc) is 2.88. The Morgan fingerprint density at radius 1 is 1.35 bits per heavy atom. The van der Waals surface area contributed by atoms with Crippen LogP contribution in [0.25, 0.3) is 0 Å². The maximum atomic E-state index is 12.3. The maximum absolute atomic E-state index is 12.3. The first-order valence-electron chi connectivity index (χ1n) is 7.44. The molecule has 1 fully saturated rings. The highest BCUT2D eigenvalue weighted by Crippen LogP contribution is 2.16. The number of rotatable bonds is 6. The molecule has 0 aromatic carbocycles. The van der Waals surface area contributed by atoms with Crippen molar-refractivity contribution in [3.63, 3.8) is 0 Å². The van der Waals surface area contributed by atoms with Gasteiger partial charge in [0.2, 0.25) is 11.9 Å². The number of sulfone groups is 1. The van der Waals surface area contributed by atoms with E-state index in [0.717, 1.165) is 5.56 Å². The molecule has 1 unspecified atom stereocenters. The van der Waals surface area contributed by atoms with Crippen molar-refractivity contribution in [2.75, 3.05) is 44.5 Å². The molecule has 1 aliphatic heterocycles. The minimum atomic E-state index is -2.94. The zero-order valence-corrected chi connectivity index (χ0v) is 14.5. The predicted molar refractivity (Wildman–Crippen MR) is 87.7 cm³/mol. The summed E-state index contributed by atoms with van der Waals surface area (Å²) in [6.45, 7) is 0.617. The van der Waals surface area contributed by atoms with Crippen molar-refractivity contribution >= 4 is 21.7 Å². The highest BCUT2D eigenvalue weighted by molar-refractivity contribution is 7.91. The van der Waals surface area contributed by atoms with Gasteiger partial charge in [0.25, 0.3) is 0 Å². The third-order valence-electron chi connectivity index (χ3n) is 3.99. The summed E-state index contributed by atoms with van der Waals surface area (Å²) in [7, 11) is 2.31. The van der Waals surface area contributed by atoms with E-state index in [0.29, 0.717) is 18.9 Å². The first-order valence-corrected chi connectivity index (χ1v) is 9.26. The lowest BCUT2D eigenvalue weighted by Crippen LogP contribution is -2.41. The molecular formula is C14H23N5O3S. The minimum Gasteiger partial charge on any atom is -0.357 e. The maximum Gasteiger partial charge on any atom is 0.236 e. The van der Waals surface area contributed by atoms with E-state index >= 15 is 0 Å². The number of amides is 1. The Kier molecular flexibility index (Phi) is 5.53. The van der Waals surface area contributed by atoms with E-state index in [4.69, 9.17) is 0 Å². The molecule has 23 heavy (non-hydrogen) atoms. The van der Waals surface area contributed by atoms with Crippen LogP contribution in [-0.2, 0) is 21.2 Å². The molecule has 1 aliphatic rings. The van der Waals surface area contributed by atoms with Crippen LogP contribution in [0.1, 0.15) is 12.0 Å². The van der Waals surface area contributed by atoms with Gasteiger partial charge in [0, 0.05) is 44.6 Å². The zero-order valence-electron chi connectivity index (χ0n) is 13.7. The van der Waals surface area contributed by atoms with Crippen LogP contribution in [0.5, 0.6) is 0 Å². The van der Waals surface area contributed by atoms with Gasteiger partial charge in [0.05, 0.1) is 18.1 Å². The molecule has 0 radical (unpaired) electrons. The van der Waals surface area contributed by atoms with Crippen LogP contribution in [0, 0.1) is 0 Å². The lowest BCUT2D eigenvalue weighted by atomic mass is 10.2. The van der Waals surface area contributed by atoms with Gasteiger partial charge >= 0.3 is 0 Å². The fourth-order valence-electron chi connectivity index (χ4n) is 2.51. The summed E-state index contributed by atoms with van der Waals surface area (Å²) in [6, 6.07) is -0.0735. The number of anilines is 1. The van der Waals surface area contributed by atoms with E-state index in [2.05, 4.69) is 15.3 Å². The van der Waals surface area contributed by atoms with Gasteiger partial charge < -0.3 is 10.2 Å². The Hall–Kier alpha value is -1.74. The second kappa shape index (κ2) is 7.22. The number of nitrogens with zero attached hydrogens (tertiary/aromatic N) is 4. The molecule has 0 saturated carbocycles. The molecule has 128 valence electrons. The van der Waals surface area contributed by atoms with Crippen LogP contribution < -0.4 is 5.32 Å². The second-order valence-corrected chi connectivity index (χ2v) is 8.12. The number of hydrogen-bond acceptors (Lipinski definition) is 7. The van der Waals surface area contributed by atoms with Gasteiger partial charge in [-0.3, -0.25) is 9.69 Å². The van der Waals surface area contributed by atoms with Crippen LogP contribution in [-0.4, -0.2) is 79.3 Å². The molecule has 8 nitrogen and oxygen atoms in total. The lowest BCUT2D eigenvalue weighted by molar-refractivity contribution is -0.131. The normalized spacial score (nSPS) is 19.7. The molecule has 1 aromatic rings. The number of aromatic nitrogens is 2. The number of carbonyl (C=O) groups is 1. The number of nitrogens with one attached hydrogen (secondary N) is 1. The summed E-state index contributed by atoms with van der Waals surface area (Å²) in [5, 5.41) is 2.84. The molecule has 0 bridgehead atoms. The molecular weight excluding hydrogens is 318 g/mol. The van der Waals surface area contributed by atoms with Crippen molar-refractivity contribution in [1.82, 2.24) is 19.8 Å². The van der Waals surface area contributed by atoms with Crippen molar-refractivity contribution in [3.05, 3.63) is 18.0 Å². The molecule has 1 atom stereocenters. The second-order valence-electron chi connectivity index (χ2n) is 5.89. The highest BCUT2D eigenvalue weighted by atomic mass is 32.2. The number of carbonyl (C=O) groups excluding carboxylic acids is 1. The van der Waals surface area contributed by atoms with Crippen molar-refractivity contribution in [2.24, 2.45) is 0 Å². The molecule has 1 aromatic heterocycles. The Balaban J connectivity index is 1.86. The van der Waals surface area contributed by atoms with Crippen molar-refractivity contribution in [2.45, 2.75) is 19.0 Å². The molecule has 2 heterocycles. The molecule has 1 amide bonds. The van der Waals surface area contributed by atoms with Gasteiger partial charge in [-0.2, -0.15) is 0 Å². The summed E-state index contributed by atoms with van der Waals surface area (Å²) in [5.41, 5.74) is 0.839. The number of likely N-dealkylation sites (N-methyl/N-ethyl adjacent to an activating group) is 2. The smallest absolute Gasteiger partial charge is 0.236 e. The standard InChI is InChI=1S/C14H23N5O3S/c1-15-14-16-6-11(7-17-14)8-19(3)13(20)9-18(2)12-4-5-23(21,22)10-12/h6-7,12H,4-5,8-10H2,1-3H3,(H,15,16,17). The molecule has 1 saturated heterocycles. The molecule has 0 spiro atoms. The van der Waals surface area contributed by atoms with Crippen molar-refractivity contribution in [1.29, 1.82) is 0 Å². The van der Waals surface area contributed by atoms with E-state index in [1.165, 1.54) is 0 Å². The van der Waals surface area contributed by atoms with Gasteiger partial charge in [-0.15, -0.1) is 0 Å². The zero-order chi connectivity index (χ0) is 17.0. The topological polar surface area (TPSA) is 95.5 Å². The lowest BCUT2D eigenvalue weighted by Gasteiger charge is -2.25. The van der Waals surface area contributed by atoms with Crippen molar-refractivity contribution in [3.8, 4) is 0 Å². The largest absolute Gasteiger partial charge is 0.357 e. The van der Waals surface area contributed by atoms with E-state index < -0.39 is 9.84 Å². The Morgan fingerprint density at radius 3 is 2.52 bits per heavy atom. The summed E-state index contributed by atoms with van der Waals surface area (Å²) in [4.78, 5) is 23.9. The molecule has 9 heteroatoms. The monoisotopic (exact) mass is 341 g/mol. The fraction of sp³-hybridized carbons (Fsp3) is 0.643. The summed E-state index contributed by atoms with van der Waals surface area (Å²) in [5.74, 6) is 0.820. The van der Waals surface area contributed by atoms with Gasteiger partial charge in [-0.25, -0.2) is 18.4 Å². The number of hydrogen-bond donors (Lipinski definition) is 1. The minimum absolute atomic E-state index is 0.0607. The Bertz CT molecular complexity index is 647. The van der Waals surface area contributed by atoms with E-state index in [1.54, 1.807) is 38.4 Å². The van der Waals surface area contributed by atoms with Gasteiger partial charge in [0.1, 0.15) is 0 Å². The van der Waals surface area contributed by atoms with Crippen LogP contribution in [0.3, 0.4) is 0 Å². The van der Waals surface area contributed by atoms with Gasteiger partial charge in [0.15, 0.2) is 9.84 Å². The third-order valence-corrected chi connectivity index (χ3v) is 5.74.